The molecule has 1 aliphatic rings. The van der Waals surface area contributed by atoms with Crippen LogP contribution in [0.15, 0.2) is 60.7 Å². The van der Waals surface area contributed by atoms with Crippen molar-refractivity contribution in [3.05, 3.63) is 82.9 Å². The number of hydrogen-bond acceptors (Lipinski definition) is 4. The number of amides is 1. The topological polar surface area (TPSA) is 72.4 Å². The maximum absolute atomic E-state index is 13.6. The second-order valence-corrected chi connectivity index (χ2v) is 8.39. The quantitative estimate of drug-likeness (QED) is 0.459. The van der Waals surface area contributed by atoms with E-state index in [9.17, 15) is 9.59 Å². The molecule has 0 fully saturated rings. The number of hydrogen-bond donors (Lipinski definition) is 2. The van der Waals surface area contributed by atoms with Crippen LogP contribution in [0.2, 0.25) is 0 Å². The predicted molar refractivity (Wildman–Crippen MR) is 129 cm³/mol. The number of benzene rings is 3. The van der Waals surface area contributed by atoms with Gasteiger partial charge in [-0.3, -0.25) is 4.79 Å². The highest BCUT2D eigenvalue weighted by molar-refractivity contribution is 6.18. The number of rotatable bonds is 5. The van der Waals surface area contributed by atoms with Gasteiger partial charge < -0.3 is 19.9 Å². The smallest absolute Gasteiger partial charge is 0.333 e. The van der Waals surface area contributed by atoms with Crippen LogP contribution in [0.25, 0.3) is 21.8 Å². The van der Waals surface area contributed by atoms with E-state index in [-0.39, 0.29) is 12.5 Å². The largest absolute Gasteiger partial charge is 0.464 e. The number of esters is 1. The molecular formula is C27H27N3O3. The molecule has 1 aliphatic heterocycles. The first-order valence-corrected chi connectivity index (χ1v) is 11.3. The first-order valence-electron chi connectivity index (χ1n) is 11.3. The first kappa shape index (κ1) is 21.2. The zero-order chi connectivity index (χ0) is 22.9. The van der Waals surface area contributed by atoms with Gasteiger partial charge in [0.15, 0.2) is 6.04 Å². The summed E-state index contributed by atoms with van der Waals surface area (Å²) in [4.78, 5) is 26.5. The van der Waals surface area contributed by atoms with Gasteiger partial charge in [-0.2, -0.15) is 0 Å². The zero-order valence-corrected chi connectivity index (χ0v) is 18.9. The Morgan fingerprint density at radius 2 is 1.88 bits per heavy atom. The molecule has 1 unspecified atom stereocenters. The number of aromatic nitrogens is 1. The molecule has 0 radical (unpaired) electrons. The van der Waals surface area contributed by atoms with Crippen LogP contribution in [0, 0.1) is 0 Å². The fraction of sp³-hybridized carbons (Fsp3) is 0.259. The van der Waals surface area contributed by atoms with Gasteiger partial charge in [-0.15, -0.1) is 0 Å². The summed E-state index contributed by atoms with van der Waals surface area (Å²) in [7, 11) is 1.99. The summed E-state index contributed by atoms with van der Waals surface area (Å²) in [5.41, 5.74) is 5.71. The van der Waals surface area contributed by atoms with Crippen molar-refractivity contribution in [3.63, 3.8) is 0 Å². The Bertz CT molecular complexity index is 1370. The predicted octanol–water partition coefficient (Wildman–Crippen LogP) is 4.01. The van der Waals surface area contributed by atoms with Gasteiger partial charge in [0.05, 0.1) is 6.61 Å². The number of aryl methyl sites for hydroxylation is 1. The van der Waals surface area contributed by atoms with Crippen molar-refractivity contribution >= 4 is 33.7 Å². The molecule has 1 atom stereocenters. The van der Waals surface area contributed by atoms with Crippen molar-refractivity contribution in [2.24, 2.45) is 7.05 Å². The van der Waals surface area contributed by atoms with Gasteiger partial charge >= 0.3 is 5.97 Å². The van der Waals surface area contributed by atoms with E-state index in [0.29, 0.717) is 5.56 Å². The second kappa shape index (κ2) is 8.71. The lowest BCUT2D eigenvalue weighted by molar-refractivity contribution is -0.145. The van der Waals surface area contributed by atoms with Crippen LogP contribution in [0.5, 0.6) is 0 Å². The van der Waals surface area contributed by atoms with E-state index in [1.807, 2.05) is 61.6 Å². The Morgan fingerprint density at radius 3 is 2.73 bits per heavy atom. The van der Waals surface area contributed by atoms with Crippen LogP contribution < -0.4 is 10.6 Å². The molecule has 1 aromatic heterocycles. The van der Waals surface area contributed by atoms with E-state index in [4.69, 9.17) is 4.74 Å². The highest BCUT2D eigenvalue weighted by Crippen LogP contribution is 2.31. The molecule has 4 aromatic rings. The molecule has 2 heterocycles. The summed E-state index contributed by atoms with van der Waals surface area (Å²) in [5.74, 6) is -0.759. The third-order valence-electron chi connectivity index (χ3n) is 6.43. The average Bonchev–Trinajstić information content (AvgIpc) is 3.14. The van der Waals surface area contributed by atoms with Crippen molar-refractivity contribution in [2.75, 3.05) is 13.2 Å². The van der Waals surface area contributed by atoms with Crippen LogP contribution in [0.3, 0.4) is 0 Å². The van der Waals surface area contributed by atoms with Gasteiger partial charge in [0, 0.05) is 41.0 Å². The fourth-order valence-electron chi connectivity index (χ4n) is 4.79. The van der Waals surface area contributed by atoms with Crippen molar-refractivity contribution in [1.29, 1.82) is 0 Å². The number of ether oxygens (including phenoxy) is 1. The standard InChI is InChI=1S/C27H27N3O3/c1-3-33-27(32)25(18-12-11-17-13-14-28-16-19(17)15-18)29-26(31)21-8-6-10-23-24(21)20-7-4-5-9-22(20)30(23)2/h4-12,15,25,28H,3,13-14,16H2,1-2H3,(H,29,31). The summed E-state index contributed by atoms with van der Waals surface area (Å²) in [6.07, 6.45) is 0.953. The van der Waals surface area contributed by atoms with Crippen LogP contribution in [0.4, 0.5) is 0 Å². The fourth-order valence-corrected chi connectivity index (χ4v) is 4.79. The lowest BCUT2D eigenvalue weighted by Gasteiger charge is -2.22. The molecule has 0 bridgehead atoms. The third kappa shape index (κ3) is 3.76. The van der Waals surface area contributed by atoms with E-state index in [0.717, 1.165) is 52.4 Å². The summed E-state index contributed by atoms with van der Waals surface area (Å²) >= 11 is 0. The highest BCUT2D eigenvalue weighted by Gasteiger charge is 2.27. The Morgan fingerprint density at radius 1 is 1.06 bits per heavy atom. The first-order chi connectivity index (χ1) is 16.1. The average molecular weight is 442 g/mol. The number of nitrogens with one attached hydrogen (secondary N) is 2. The summed E-state index contributed by atoms with van der Waals surface area (Å²) in [6.45, 7) is 3.71. The molecule has 1 amide bonds. The van der Waals surface area contributed by atoms with E-state index in [2.05, 4.69) is 21.3 Å². The number of carbonyl (C=O) groups excluding carboxylic acids is 2. The SMILES string of the molecule is CCOC(=O)C(NC(=O)c1cccc2c1c1ccccc1n2C)c1ccc2c(c1)CNCC2. The Balaban J connectivity index is 1.55. The molecule has 168 valence electrons. The molecule has 6 heteroatoms. The molecular weight excluding hydrogens is 414 g/mol. The second-order valence-electron chi connectivity index (χ2n) is 8.39. The van der Waals surface area contributed by atoms with E-state index < -0.39 is 12.0 Å². The minimum atomic E-state index is -0.880. The van der Waals surface area contributed by atoms with E-state index >= 15 is 0 Å². The number of fused-ring (bicyclic) bond motifs is 4. The van der Waals surface area contributed by atoms with Gasteiger partial charge in [0.2, 0.25) is 0 Å². The molecule has 0 spiro atoms. The number of para-hydroxylation sites is 1. The van der Waals surface area contributed by atoms with Crippen molar-refractivity contribution < 1.29 is 14.3 Å². The van der Waals surface area contributed by atoms with Crippen molar-refractivity contribution in [3.8, 4) is 0 Å². The Kier molecular flexibility index (Phi) is 5.60. The summed E-state index contributed by atoms with van der Waals surface area (Å²) in [6, 6.07) is 18.8. The molecule has 0 saturated carbocycles. The monoisotopic (exact) mass is 441 g/mol. The van der Waals surface area contributed by atoms with Crippen molar-refractivity contribution in [2.45, 2.75) is 25.9 Å². The third-order valence-corrected chi connectivity index (χ3v) is 6.43. The van der Waals surface area contributed by atoms with Gasteiger partial charge in [-0.25, -0.2) is 4.79 Å². The van der Waals surface area contributed by atoms with E-state index in [1.54, 1.807) is 6.92 Å². The minimum Gasteiger partial charge on any atom is -0.464 e. The maximum Gasteiger partial charge on any atom is 0.333 e. The van der Waals surface area contributed by atoms with E-state index in [1.165, 1.54) is 5.56 Å². The molecule has 2 N–H and O–H groups in total. The van der Waals surface area contributed by atoms with Crippen molar-refractivity contribution in [1.82, 2.24) is 15.2 Å². The molecule has 33 heavy (non-hydrogen) atoms. The normalized spacial score (nSPS) is 14.1. The van der Waals surface area contributed by atoms with Gasteiger partial charge in [0.25, 0.3) is 5.91 Å². The van der Waals surface area contributed by atoms with Crippen LogP contribution >= 0.6 is 0 Å². The van der Waals surface area contributed by atoms with Crippen LogP contribution in [-0.4, -0.2) is 29.6 Å². The van der Waals surface area contributed by atoms with Gasteiger partial charge in [0.1, 0.15) is 0 Å². The zero-order valence-electron chi connectivity index (χ0n) is 18.9. The molecule has 3 aromatic carbocycles. The number of nitrogens with zero attached hydrogens (tertiary/aromatic N) is 1. The summed E-state index contributed by atoms with van der Waals surface area (Å²) in [5, 5.41) is 8.21. The Labute approximate surface area is 192 Å². The molecule has 6 nitrogen and oxygen atoms in total. The maximum atomic E-state index is 13.6. The molecule has 0 saturated heterocycles. The van der Waals surface area contributed by atoms with Gasteiger partial charge in [-0.1, -0.05) is 42.5 Å². The number of carbonyl (C=O) groups is 2. The highest BCUT2D eigenvalue weighted by atomic mass is 16.5. The van der Waals surface area contributed by atoms with Gasteiger partial charge in [-0.05, 0) is 54.8 Å². The lowest BCUT2D eigenvalue weighted by Crippen LogP contribution is -2.35. The summed E-state index contributed by atoms with van der Waals surface area (Å²) < 4.78 is 7.41. The Hall–Kier alpha value is -3.64. The van der Waals surface area contributed by atoms with Crippen LogP contribution in [0.1, 0.15) is 40.0 Å². The lowest BCUT2D eigenvalue weighted by atomic mass is 9.95. The van der Waals surface area contributed by atoms with Crippen LogP contribution in [-0.2, 0) is 29.5 Å². The minimum absolute atomic E-state index is 0.247. The molecule has 5 rings (SSSR count). The molecule has 0 aliphatic carbocycles.